The predicted octanol–water partition coefficient (Wildman–Crippen LogP) is 5.67. The summed E-state index contributed by atoms with van der Waals surface area (Å²) in [5.74, 6) is 0.678. The number of aromatic nitrogens is 3. The highest BCUT2D eigenvalue weighted by atomic mass is 19.4. The molecule has 31 heavy (non-hydrogen) atoms. The van der Waals surface area contributed by atoms with E-state index >= 15 is 0 Å². The van der Waals surface area contributed by atoms with Gasteiger partial charge >= 0.3 is 6.18 Å². The Hall–Kier alpha value is -3.55. The van der Waals surface area contributed by atoms with E-state index in [4.69, 9.17) is 9.72 Å². The van der Waals surface area contributed by atoms with Gasteiger partial charge in [0.05, 0.1) is 36.0 Å². The Labute approximate surface area is 175 Å². The van der Waals surface area contributed by atoms with E-state index < -0.39 is 11.7 Å². The van der Waals surface area contributed by atoms with Crippen LogP contribution in [0.2, 0.25) is 0 Å². The zero-order valence-electron chi connectivity index (χ0n) is 16.5. The largest absolute Gasteiger partial charge is 0.504 e. The first-order valence-electron chi connectivity index (χ1n) is 9.78. The number of alkyl halides is 3. The highest BCUT2D eigenvalue weighted by Crippen LogP contribution is 2.45. The standard InChI is InChI=1S/C23H18F3N3O2/c1-31-19-8-7-15(10-18(19)30)22-21(13-5-6-13)28-20-11-27-17(12-29(20)22)14-3-2-4-16(9-14)23(24,25)26/h2-4,7-13,30H,5-6H2,1H3. The molecule has 158 valence electrons. The number of aromatic hydroxyl groups is 1. The summed E-state index contributed by atoms with van der Waals surface area (Å²) < 4.78 is 46.4. The fourth-order valence-electron chi connectivity index (χ4n) is 3.74. The number of halogens is 3. The van der Waals surface area contributed by atoms with Gasteiger partial charge in [0.2, 0.25) is 0 Å². The van der Waals surface area contributed by atoms with E-state index in [-0.39, 0.29) is 5.75 Å². The minimum atomic E-state index is -4.43. The van der Waals surface area contributed by atoms with E-state index in [9.17, 15) is 18.3 Å². The van der Waals surface area contributed by atoms with Crippen LogP contribution in [0, 0.1) is 0 Å². The maximum atomic E-state index is 13.2. The number of imidazole rings is 1. The van der Waals surface area contributed by atoms with Crippen LogP contribution in [0.5, 0.6) is 11.5 Å². The Morgan fingerprint density at radius 1 is 1.10 bits per heavy atom. The Balaban J connectivity index is 1.69. The number of nitrogens with zero attached hydrogens (tertiary/aromatic N) is 3. The number of fused-ring (bicyclic) bond motifs is 1. The molecule has 0 bridgehead atoms. The van der Waals surface area contributed by atoms with Gasteiger partial charge in [0.1, 0.15) is 0 Å². The average molecular weight is 425 g/mol. The number of benzene rings is 2. The second-order valence-electron chi connectivity index (χ2n) is 7.59. The van der Waals surface area contributed by atoms with E-state index in [0.717, 1.165) is 41.9 Å². The van der Waals surface area contributed by atoms with Crippen molar-refractivity contribution in [1.29, 1.82) is 0 Å². The van der Waals surface area contributed by atoms with Crippen molar-refractivity contribution >= 4 is 5.65 Å². The van der Waals surface area contributed by atoms with Gasteiger partial charge in [-0.3, -0.25) is 9.38 Å². The molecule has 5 rings (SSSR count). The van der Waals surface area contributed by atoms with Crippen LogP contribution in [0.3, 0.4) is 0 Å². The number of hydrogen-bond donors (Lipinski definition) is 1. The zero-order valence-corrected chi connectivity index (χ0v) is 16.5. The molecular weight excluding hydrogens is 407 g/mol. The fourth-order valence-corrected chi connectivity index (χ4v) is 3.74. The molecule has 1 saturated carbocycles. The molecule has 1 aliphatic carbocycles. The maximum absolute atomic E-state index is 13.2. The lowest BCUT2D eigenvalue weighted by atomic mass is 10.1. The summed E-state index contributed by atoms with van der Waals surface area (Å²) in [5, 5.41) is 10.3. The number of rotatable bonds is 4. The topological polar surface area (TPSA) is 59.7 Å². The van der Waals surface area contributed by atoms with E-state index in [0.29, 0.717) is 28.6 Å². The molecular formula is C23H18F3N3O2. The first-order valence-corrected chi connectivity index (χ1v) is 9.78. The SMILES string of the molecule is COc1ccc(-c2c(C3CC3)nc3cnc(-c4cccc(C(F)(F)F)c4)cn23)cc1O. The lowest BCUT2D eigenvalue weighted by Gasteiger charge is -2.10. The zero-order chi connectivity index (χ0) is 21.8. The Morgan fingerprint density at radius 2 is 1.90 bits per heavy atom. The number of hydrogen-bond acceptors (Lipinski definition) is 4. The average Bonchev–Trinajstić information content (AvgIpc) is 3.53. The van der Waals surface area contributed by atoms with Gasteiger partial charge in [-0.25, -0.2) is 4.98 Å². The third-order valence-corrected chi connectivity index (χ3v) is 5.44. The van der Waals surface area contributed by atoms with Crippen LogP contribution < -0.4 is 4.74 Å². The van der Waals surface area contributed by atoms with Gasteiger partial charge in [0.15, 0.2) is 17.1 Å². The summed E-state index contributed by atoms with van der Waals surface area (Å²) in [4.78, 5) is 9.08. The smallest absolute Gasteiger partial charge is 0.416 e. The van der Waals surface area contributed by atoms with E-state index in [1.807, 2.05) is 10.5 Å². The predicted molar refractivity (Wildman–Crippen MR) is 109 cm³/mol. The molecule has 0 amide bonds. The fraction of sp³-hybridized carbons (Fsp3) is 0.217. The molecule has 4 aromatic rings. The molecule has 8 heteroatoms. The van der Waals surface area contributed by atoms with Crippen molar-refractivity contribution in [1.82, 2.24) is 14.4 Å². The van der Waals surface area contributed by atoms with Crippen molar-refractivity contribution in [2.45, 2.75) is 24.9 Å². The second-order valence-corrected chi connectivity index (χ2v) is 7.59. The quantitative estimate of drug-likeness (QED) is 0.457. The molecule has 5 nitrogen and oxygen atoms in total. The Morgan fingerprint density at radius 3 is 2.58 bits per heavy atom. The lowest BCUT2D eigenvalue weighted by Crippen LogP contribution is -2.04. The van der Waals surface area contributed by atoms with Gasteiger partial charge in [0, 0.05) is 23.2 Å². The van der Waals surface area contributed by atoms with Crippen LogP contribution in [-0.4, -0.2) is 26.6 Å². The van der Waals surface area contributed by atoms with Gasteiger partial charge in [0.25, 0.3) is 0 Å². The maximum Gasteiger partial charge on any atom is 0.416 e. The first-order chi connectivity index (χ1) is 14.8. The second kappa shape index (κ2) is 7.01. The van der Waals surface area contributed by atoms with Gasteiger partial charge in [-0.1, -0.05) is 12.1 Å². The van der Waals surface area contributed by atoms with E-state index in [1.165, 1.54) is 13.2 Å². The number of phenolic OH excluding ortho intramolecular Hbond substituents is 1. The highest BCUT2D eigenvalue weighted by molar-refractivity contribution is 5.72. The van der Waals surface area contributed by atoms with Crippen LogP contribution >= 0.6 is 0 Å². The molecule has 2 heterocycles. The summed E-state index contributed by atoms with van der Waals surface area (Å²) in [6, 6.07) is 10.2. The van der Waals surface area contributed by atoms with Crippen molar-refractivity contribution in [3.8, 4) is 34.0 Å². The minimum Gasteiger partial charge on any atom is -0.504 e. The Bertz CT molecular complexity index is 1290. The van der Waals surface area contributed by atoms with Crippen LogP contribution in [0.15, 0.2) is 54.9 Å². The normalized spacial score (nSPS) is 14.2. The lowest BCUT2D eigenvalue weighted by molar-refractivity contribution is -0.137. The third kappa shape index (κ3) is 3.48. The van der Waals surface area contributed by atoms with Crippen molar-refractivity contribution in [3.63, 3.8) is 0 Å². The van der Waals surface area contributed by atoms with Crippen LogP contribution in [0.25, 0.3) is 28.2 Å². The molecule has 2 aromatic heterocycles. The molecule has 1 N–H and O–H groups in total. The summed E-state index contributed by atoms with van der Waals surface area (Å²) >= 11 is 0. The molecule has 0 spiro atoms. The molecule has 0 atom stereocenters. The van der Waals surface area contributed by atoms with E-state index in [1.54, 1.807) is 30.6 Å². The molecule has 0 radical (unpaired) electrons. The summed E-state index contributed by atoms with van der Waals surface area (Å²) in [7, 11) is 1.48. The van der Waals surface area contributed by atoms with Gasteiger partial charge < -0.3 is 9.84 Å². The number of ether oxygens (including phenoxy) is 1. The van der Waals surface area contributed by atoms with Crippen molar-refractivity contribution in [3.05, 3.63) is 66.1 Å². The van der Waals surface area contributed by atoms with Crippen LogP contribution in [0.1, 0.15) is 30.0 Å². The summed E-state index contributed by atoms with van der Waals surface area (Å²) in [6.07, 6.45) is 0.870. The molecule has 0 unspecified atom stereocenters. The van der Waals surface area contributed by atoms with Crippen molar-refractivity contribution in [2.75, 3.05) is 7.11 Å². The molecule has 2 aromatic carbocycles. The molecule has 0 aliphatic heterocycles. The Kier molecular flexibility index (Phi) is 4.39. The molecule has 1 aliphatic rings. The van der Waals surface area contributed by atoms with Gasteiger partial charge in [-0.2, -0.15) is 13.2 Å². The summed E-state index contributed by atoms with van der Waals surface area (Å²) in [5.41, 5.74) is 3.08. The molecule has 0 saturated heterocycles. The highest BCUT2D eigenvalue weighted by Gasteiger charge is 2.32. The first kappa shape index (κ1) is 19.4. The molecule has 1 fully saturated rings. The van der Waals surface area contributed by atoms with E-state index in [2.05, 4.69) is 4.98 Å². The van der Waals surface area contributed by atoms with Gasteiger partial charge in [-0.15, -0.1) is 0 Å². The number of phenols is 1. The third-order valence-electron chi connectivity index (χ3n) is 5.44. The van der Waals surface area contributed by atoms with Crippen LogP contribution in [0.4, 0.5) is 13.2 Å². The van der Waals surface area contributed by atoms with Crippen molar-refractivity contribution in [2.24, 2.45) is 0 Å². The van der Waals surface area contributed by atoms with Crippen LogP contribution in [-0.2, 0) is 6.18 Å². The van der Waals surface area contributed by atoms with Crippen molar-refractivity contribution < 1.29 is 23.0 Å². The number of methoxy groups -OCH3 is 1. The van der Waals surface area contributed by atoms with Gasteiger partial charge in [-0.05, 0) is 43.2 Å². The minimum absolute atomic E-state index is 0.00357. The monoisotopic (exact) mass is 425 g/mol. The summed E-state index contributed by atoms with van der Waals surface area (Å²) in [6.45, 7) is 0.